The van der Waals surface area contributed by atoms with Gasteiger partial charge in [-0.15, -0.1) is 0 Å². The Bertz CT molecular complexity index is 418. The van der Waals surface area contributed by atoms with Crippen LogP contribution in [0.15, 0.2) is 23.1 Å². The Kier molecular flexibility index (Phi) is 4.26. The fourth-order valence-electron chi connectivity index (χ4n) is 1.10. The molecule has 0 atom stereocenters. The predicted octanol–water partition coefficient (Wildman–Crippen LogP) is -0.0305. The first-order valence-electron chi connectivity index (χ1n) is 4.78. The number of carboxylic acids is 1. The van der Waals surface area contributed by atoms with Gasteiger partial charge in [-0.05, 0) is 12.5 Å². The minimum Gasteiger partial charge on any atom is -0.481 e. The Morgan fingerprint density at radius 1 is 1.38 bits per heavy atom. The number of hydrogen-bond acceptors (Lipinski definition) is 3. The third-order valence-electron chi connectivity index (χ3n) is 1.90. The van der Waals surface area contributed by atoms with Crippen LogP contribution in [0.2, 0.25) is 0 Å². The van der Waals surface area contributed by atoms with Crippen LogP contribution >= 0.6 is 0 Å². The lowest BCUT2D eigenvalue weighted by Crippen LogP contribution is -2.25. The molecule has 0 saturated heterocycles. The minimum atomic E-state index is -0.890. The van der Waals surface area contributed by atoms with E-state index in [1.165, 1.54) is 18.3 Å². The highest BCUT2D eigenvalue weighted by Gasteiger charge is 2.04. The summed E-state index contributed by atoms with van der Waals surface area (Å²) in [6, 6.07) is 2.66. The quantitative estimate of drug-likeness (QED) is 0.611. The molecule has 0 aromatic carbocycles. The van der Waals surface area contributed by atoms with Crippen molar-refractivity contribution in [3.63, 3.8) is 0 Å². The highest BCUT2D eigenvalue weighted by atomic mass is 16.4. The molecule has 0 aliphatic carbocycles. The van der Waals surface area contributed by atoms with E-state index in [1.807, 2.05) is 0 Å². The van der Waals surface area contributed by atoms with Crippen molar-refractivity contribution < 1.29 is 14.7 Å². The van der Waals surface area contributed by atoms with Crippen molar-refractivity contribution in [3.8, 4) is 0 Å². The Labute approximate surface area is 91.3 Å². The number of rotatable bonds is 5. The fraction of sp³-hybridized carbons (Fsp3) is 0.300. The standard InChI is InChI=1S/C10H12N2O4/c13-8-4-3-7(6-12-8)10(16)11-5-1-2-9(14)15/h3-4,6H,1-2,5H2,(H,11,16)(H,12,13)(H,14,15). The van der Waals surface area contributed by atoms with Gasteiger partial charge in [0.2, 0.25) is 5.56 Å². The summed E-state index contributed by atoms with van der Waals surface area (Å²) in [5, 5.41) is 10.9. The second-order valence-corrected chi connectivity index (χ2v) is 3.19. The lowest BCUT2D eigenvalue weighted by molar-refractivity contribution is -0.137. The van der Waals surface area contributed by atoms with Crippen molar-refractivity contribution in [2.75, 3.05) is 6.54 Å². The molecular weight excluding hydrogens is 212 g/mol. The molecule has 1 rings (SSSR count). The number of pyridine rings is 1. The second-order valence-electron chi connectivity index (χ2n) is 3.19. The average molecular weight is 224 g/mol. The molecule has 86 valence electrons. The number of carbonyl (C=O) groups excluding carboxylic acids is 1. The molecule has 6 nitrogen and oxygen atoms in total. The number of aliphatic carboxylic acids is 1. The van der Waals surface area contributed by atoms with Gasteiger partial charge < -0.3 is 15.4 Å². The van der Waals surface area contributed by atoms with E-state index in [1.54, 1.807) is 0 Å². The van der Waals surface area contributed by atoms with Crippen molar-refractivity contribution in [1.29, 1.82) is 0 Å². The van der Waals surface area contributed by atoms with Crippen molar-refractivity contribution in [2.24, 2.45) is 0 Å². The molecule has 0 radical (unpaired) electrons. The molecule has 0 aliphatic rings. The molecule has 1 amide bonds. The molecule has 1 aromatic rings. The molecule has 0 fully saturated rings. The molecule has 0 bridgehead atoms. The summed E-state index contributed by atoms with van der Waals surface area (Å²) in [7, 11) is 0. The molecule has 6 heteroatoms. The van der Waals surface area contributed by atoms with E-state index in [4.69, 9.17) is 5.11 Å². The first kappa shape index (κ1) is 12.0. The van der Waals surface area contributed by atoms with E-state index in [0.29, 0.717) is 18.5 Å². The lowest BCUT2D eigenvalue weighted by Gasteiger charge is -2.03. The largest absolute Gasteiger partial charge is 0.481 e. The molecule has 3 N–H and O–H groups in total. The third-order valence-corrected chi connectivity index (χ3v) is 1.90. The summed E-state index contributed by atoms with van der Waals surface area (Å²) in [4.78, 5) is 34.7. The van der Waals surface area contributed by atoms with Crippen molar-refractivity contribution in [1.82, 2.24) is 10.3 Å². The maximum absolute atomic E-state index is 11.4. The number of carboxylic acid groups (broad SMARTS) is 1. The number of nitrogens with one attached hydrogen (secondary N) is 2. The number of H-pyrrole nitrogens is 1. The molecular formula is C10H12N2O4. The maximum atomic E-state index is 11.4. The SMILES string of the molecule is O=C(O)CCCNC(=O)c1ccc(=O)[nH]c1. The van der Waals surface area contributed by atoms with Gasteiger partial charge in [-0.25, -0.2) is 0 Å². The van der Waals surface area contributed by atoms with Crippen LogP contribution in [0.3, 0.4) is 0 Å². The van der Waals surface area contributed by atoms with Gasteiger partial charge >= 0.3 is 5.97 Å². The van der Waals surface area contributed by atoms with Crippen LogP contribution in [0.5, 0.6) is 0 Å². The maximum Gasteiger partial charge on any atom is 0.303 e. The number of carbonyl (C=O) groups is 2. The van der Waals surface area contributed by atoms with Gasteiger partial charge in [0.15, 0.2) is 0 Å². The van der Waals surface area contributed by atoms with Crippen LogP contribution in [0, 0.1) is 0 Å². The van der Waals surface area contributed by atoms with Crippen LogP contribution < -0.4 is 10.9 Å². The Balaban J connectivity index is 2.38. The van der Waals surface area contributed by atoms with E-state index in [2.05, 4.69) is 10.3 Å². The van der Waals surface area contributed by atoms with Crippen molar-refractivity contribution >= 4 is 11.9 Å². The molecule has 16 heavy (non-hydrogen) atoms. The van der Waals surface area contributed by atoms with Crippen LogP contribution in [0.4, 0.5) is 0 Å². The Morgan fingerprint density at radius 2 is 2.12 bits per heavy atom. The molecule has 0 unspecified atom stereocenters. The first-order chi connectivity index (χ1) is 7.59. The number of hydrogen-bond donors (Lipinski definition) is 3. The summed E-state index contributed by atoms with van der Waals surface area (Å²) in [6.45, 7) is 0.296. The minimum absolute atomic E-state index is 0.0197. The smallest absolute Gasteiger partial charge is 0.303 e. The van der Waals surface area contributed by atoms with E-state index in [0.717, 1.165) is 0 Å². The van der Waals surface area contributed by atoms with Gasteiger partial charge in [0.1, 0.15) is 0 Å². The highest BCUT2D eigenvalue weighted by molar-refractivity contribution is 5.93. The first-order valence-corrected chi connectivity index (χ1v) is 4.78. The molecule has 0 saturated carbocycles. The fourth-order valence-corrected chi connectivity index (χ4v) is 1.10. The van der Waals surface area contributed by atoms with E-state index in [9.17, 15) is 14.4 Å². The second kappa shape index (κ2) is 5.69. The van der Waals surface area contributed by atoms with E-state index >= 15 is 0 Å². The zero-order chi connectivity index (χ0) is 12.0. The van der Waals surface area contributed by atoms with E-state index in [-0.39, 0.29) is 17.9 Å². The topological polar surface area (TPSA) is 99.3 Å². The zero-order valence-corrected chi connectivity index (χ0v) is 8.53. The van der Waals surface area contributed by atoms with Gasteiger partial charge in [-0.2, -0.15) is 0 Å². The Morgan fingerprint density at radius 3 is 2.69 bits per heavy atom. The zero-order valence-electron chi connectivity index (χ0n) is 8.53. The van der Waals surface area contributed by atoms with Crippen molar-refractivity contribution in [3.05, 3.63) is 34.2 Å². The number of aromatic nitrogens is 1. The Hall–Kier alpha value is -2.11. The summed E-state index contributed by atoms with van der Waals surface area (Å²) in [5.74, 6) is -1.22. The van der Waals surface area contributed by atoms with Gasteiger partial charge in [-0.1, -0.05) is 0 Å². The third kappa shape index (κ3) is 3.95. The van der Waals surface area contributed by atoms with Crippen LogP contribution in [0.1, 0.15) is 23.2 Å². The molecule has 0 aliphatic heterocycles. The highest BCUT2D eigenvalue weighted by Crippen LogP contribution is 1.93. The van der Waals surface area contributed by atoms with E-state index < -0.39 is 5.97 Å². The lowest BCUT2D eigenvalue weighted by atomic mass is 10.2. The van der Waals surface area contributed by atoms with Gasteiger partial charge in [0.25, 0.3) is 5.91 Å². The number of aromatic amines is 1. The predicted molar refractivity (Wildman–Crippen MR) is 56.3 cm³/mol. The normalized spacial score (nSPS) is 9.75. The number of amides is 1. The summed E-state index contributed by atoms with van der Waals surface area (Å²) < 4.78 is 0. The average Bonchev–Trinajstić information content (AvgIpc) is 2.25. The van der Waals surface area contributed by atoms with Crippen molar-refractivity contribution in [2.45, 2.75) is 12.8 Å². The molecule has 0 spiro atoms. The van der Waals surface area contributed by atoms with Crippen LogP contribution in [0.25, 0.3) is 0 Å². The summed E-state index contributed by atoms with van der Waals surface area (Å²) in [5.41, 5.74) is 0.0670. The van der Waals surface area contributed by atoms with Gasteiger partial charge in [0, 0.05) is 25.2 Å². The van der Waals surface area contributed by atoms with Crippen LogP contribution in [-0.2, 0) is 4.79 Å². The molecule has 1 heterocycles. The van der Waals surface area contributed by atoms with Gasteiger partial charge in [-0.3, -0.25) is 14.4 Å². The monoisotopic (exact) mass is 224 g/mol. The molecule has 1 aromatic heterocycles. The summed E-state index contributed by atoms with van der Waals surface area (Å²) >= 11 is 0. The van der Waals surface area contributed by atoms with Crippen LogP contribution in [-0.4, -0.2) is 28.5 Å². The van der Waals surface area contributed by atoms with Gasteiger partial charge in [0.05, 0.1) is 5.56 Å². The summed E-state index contributed by atoms with van der Waals surface area (Å²) in [6.07, 6.45) is 1.71.